The molecule has 0 saturated heterocycles. The molecule has 0 aromatic carbocycles. The van der Waals surface area contributed by atoms with Gasteiger partial charge in [0.25, 0.3) is 0 Å². The minimum absolute atomic E-state index is 0.0845. The fourth-order valence-electron chi connectivity index (χ4n) is 1.54. The number of rotatable bonds is 6. The molecule has 1 atom stereocenters. The lowest BCUT2D eigenvalue weighted by molar-refractivity contribution is 0.530. The quantitative estimate of drug-likeness (QED) is 0.645. The van der Waals surface area contributed by atoms with Crippen molar-refractivity contribution in [1.29, 1.82) is 0 Å². The van der Waals surface area contributed by atoms with Gasteiger partial charge in [-0.15, -0.1) is 0 Å². The summed E-state index contributed by atoms with van der Waals surface area (Å²) in [6.07, 6.45) is 2.00. The number of nitrogens with two attached hydrogens (primary N) is 1. The molecule has 0 saturated carbocycles. The van der Waals surface area contributed by atoms with Crippen LogP contribution in [0.5, 0.6) is 0 Å². The van der Waals surface area contributed by atoms with Crippen LogP contribution in [0, 0.1) is 11.8 Å². The topological polar surface area (TPSA) is 26.0 Å². The Bertz CT molecular complexity index is 201. The highest BCUT2D eigenvalue weighted by Crippen LogP contribution is 2.20. The second-order valence-corrected chi connectivity index (χ2v) is 4.96. The second-order valence-electron chi connectivity index (χ2n) is 4.96. The summed E-state index contributed by atoms with van der Waals surface area (Å²) in [6, 6.07) is 0.0845. The molecule has 1 nitrogen and oxygen atoms in total. The van der Waals surface area contributed by atoms with Crippen molar-refractivity contribution >= 4 is 0 Å². The fraction of sp³-hybridized carbons (Fsp3) is 0.692. The molecule has 0 bridgehead atoms. The van der Waals surface area contributed by atoms with Gasteiger partial charge in [0.1, 0.15) is 0 Å². The summed E-state index contributed by atoms with van der Waals surface area (Å²) in [4.78, 5) is 0. The highest BCUT2D eigenvalue weighted by molar-refractivity contribution is 5.29. The van der Waals surface area contributed by atoms with E-state index in [2.05, 4.69) is 40.9 Å². The third-order valence-electron chi connectivity index (χ3n) is 2.28. The van der Waals surface area contributed by atoms with Crippen molar-refractivity contribution in [3.05, 3.63) is 24.3 Å². The number of hydrogen-bond donors (Lipinski definition) is 1. The largest absolute Gasteiger partial charge is 0.324 e. The second kappa shape index (κ2) is 6.02. The van der Waals surface area contributed by atoms with Crippen molar-refractivity contribution in [2.24, 2.45) is 17.6 Å². The Kier molecular flexibility index (Phi) is 5.78. The van der Waals surface area contributed by atoms with Crippen LogP contribution in [0.2, 0.25) is 0 Å². The zero-order chi connectivity index (χ0) is 11.3. The smallest absolute Gasteiger partial charge is 0.0293 e. The van der Waals surface area contributed by atoms with E-state index in [4.69, 9.17) is 5.73 Å². The lowest BCUT2D eigenvalue weighted by atomic mass is 9.90. The van der Waals surface area contributed by atoms with Gasteiger partial charge in [0.15, 0.2) is 0 Å². The van der Waals surface area contributed by atoms with Crippen LogP contribution >= 0.6 is 0 Å². The van der Waals surface area contributed by atoms with Crippen molar-refractivity contribution in [3.63, 3.8) is 0 Å². The monoisotopic (exact) mass is 195 g/mol. The summed E-state index contributed by atoms with van der Waals surface area (Å²) in [7, 11) is 0. The Morgan fingerprint density at radius 3 is 1.93 bits per heavy atom. The molecule has 0 aliphatic carbocycles. The molecular formula is C13H25N. The summed E-state index contributed by atoms with van der Waals surface area (Å²) in [5, 5.41) is 0. The summed E-state index contributed by atoms with van der Waals surface area (Å²) in [5.41, 5.74) is 8.19. The van der Waals surface area contributed by atoms with Gasteiger partial charge in [0.05, 0.1) is 0 Å². The lowest BCUT2D eigenvalue weighted by Crippen LogP contribution is -2.25. The Hall–Kier alpha value is -0.560. The van der Waals surface area contributed by atoms with Crippen molar-refractivity contribution in [2.45, 2.75) is 46.6 Å². The minimum Gasteiger partial charge on any atom is -0.324 e. The molecule has 0 aliphatic heterocycles. The molecule has 14 heavy (non-hydrogen) atoms. The van der Waals surface area contributed by atoms with E-state index in [9.17, 15) is 0 Å². The highest BCUT2D eigenvalue weighted by atomic mass is 14.6. The third kappa shape index (κ3) is 5.23. The van der Waals surface area contributed by atoms with E-state index < -0.39 is 0 Å². The van der Waals surface area contributed by atoms with E-state index in [0.29, 0.717) is 11.8 Å². The molecule has 0 heterocycles. The number of hydrogen-bond acceptors (Lipinski definition) is 1. The van der Waals surface area contributed by atoms with E-state index in [1.807, 2.05) is 0 Å². The molecular weight excluding hydrogens is 170 g/mol. The maximum Gasteiger partial charge on any atom is 0.0293 e. The van der Waals surface area contributed by atoms with Gasteiger partial charge in [0, 0.05) is 6.04 Å². The highest BCUT2D eigenvalue weighted by Gasteiger charge is 2.12. The molecule has 0 spiro atoms. The zero-order valence-electron chi connectivity index (χ0n) is 10.1. The fourth-order valence-corrected chi connectivity index (χ4v) is 1.54. The SMILES string of the molecule is C=C(CC(C)C)C(=C)[C@@H](N)CC(C)C. The van der Waals surface area contributed by atoms with Gasteiger partial charge >= 0.3 is 0 Å². The van der Waals surface area contributed by atoms with Gasteiger partial charge in [0.2, 0.25) is 0 Å². The van der Waals surface area contributed by atoms with E-state index in [1.165, 1.54) is 0 Å². The molecule has 1 heteroatoms. The van der Waals surface area contributed by atoms with E-state index in [-0.39, 0.29) is 6.04 Å². The molecule has 2 N–H and O–H groups in total. The molecule has 0 fully saturated rings. The molecule has 0 radical (unpaired) electrons. The van der Waals surface area contributed by atoms with Crippen LogP contribution in [-0.2, 0) is 0 Å². The molecule has 0 unspecified atom stereocenters. The van der Waals surface area contributed by atoms with Gasteiger partial charge in [-0.2, -0.15) is 0 Å². The van der Waals surface area contributed by atoms with E-state index in [0.717, 1.165) is 24.0 Å². The molecule has 0 aliphatic rings. The van der Waals surface area contributed by atoms with Gasteiger partial charge < -0.3 is 5.73 Å². The van der Waals surface area contributed by atoms with Gasteiger partial charge in [-0.05, 0) is 30.3 Å². The normalized spacial score (nSPS) is 13.4. The Morgan fingerprint density at radius 1 is 1.07 bits per heavy atom. The maximum absolute atomic E-state index is 6.03. The van der Waals surface area contributed by atoms with Gasteiger partial charge in [-0.25, -0.2) is 0 Å². The van der Waals surface area contributed by atoms with Crippen molar-refractivity contribution < 1.29 is 0 Å². The van der Waals surface area contributed by atoms with Crippen molar-refractivity contribution in [3.8, 4) is 0 Å². The molecule has 82 valence electrons. The molecule has 0 aromatic heterocycles. The van der Waals surface area contributed by atoms with Crippen LogP contribution in [0.4, 0.5) is 0 Å². The summed E-state index contributed by atoms with van der Waals surface area (Å²) >= 11 is 0. The van der Waals surface area contributed by atoms with E-state index >= 15 is 0 Å². The first-order valence-corrected chi connectivity index (χ1v) is 5.47. The minimum atomic E-state index is 0.0845. The van der Waals surface area contributed by atoms with Gasteiger partial charge in [-0.1, -0.05) is 46.4 Å². The average Bonchev–Trinajstić information content (AvgIpc) is 2.00. The zero-order valence-corrected chi connectivity index (χ0v) is 10.1. The van der Waals surface area contributed by atoms with Crippen LogP contribution in [-0.4, -0.2) is 6.04 Å². The Balaban J connectivity index is 4.11. The average molecular weight is 195 g/mol. The first kappa shape index (κ1) is 13.4. The predicted octanol–water partition coefficient (Wildman–Crippen LogP) is 3.52. The van der Waals surface area contributed by atoms with Crippen LogP contribution in [0.1, 0.15) is 40.5 Å². The van der Waals surface area contributed by atoms with Crippen LogP contribution < -0.4 is 5.73 Å². The lowest BCUT2D eigenvalue weighted by Gasteiger charge is -2.19. The summed E-state index contributed by atoms with van der Waals surface area (Å²) in [5.74, 6) is 1.25. The Labute approximate surface area is 89.1 Å². The van der Waals surface area contributed by atoms with Crippen molar-refractivity contribution in [1.82, 2.24) is 0 Å². The van der Waals surface area contributed by atoms with Crippen molar-refractivity contribution in [2.75, 3.05) is 0 Å². The molecule has 0 aromatic rings. The van der Waals surface area contributed by atoms with E-state index in [1.54, 1.807) is 0 Å². The van der Waals surface area contributed by atoms with Gasteiger partial charge in [-0.3, -0.25) is 0 Å². The summed E-state index contributed by atoms with van der Waals surface area (Å²) < 4.78 is 0. The third-order valence-corrected chi connectivity index (χ3v) is 2.28. The predicted molar refractivity (Wildman–Crippen MR) is 65.2 cm³/mol. The Morgan fingerprint density at radius 2 is 1.57 bits per heavy atom. The summed E-state index contributed by atoms with van der Waals surface area (Å²) in [6.45, 7) is 16.8. The van der Waals surface area contributed by atoms with Crippen LogP contribution in [0.3, 0.4) is 0 Å². The molecule has 0 rings (SSSR count). The molecule has 0 amide bonds. The maximum atomic E-state index is 6.03. The standard InChI is InChI=1S/C13H25N/c1-9(2)7-11(5)12(6)13(14)8-10(3)4/h9-10,13H,5-8,14H2,1-4H3/t13-/m0/s1. The first-order chi connectivity index (χ1) is 6.34. The van der Waals surface area contributed by atoms with Crippen LogP contribution in [0.25, 0.3) is 0 Å². The van der Waals surface area contributed by atoms with Crippen LogP contribution in [0.15, 0.2) is 24.3 Å². The first-order valence-electron chi connectivity index (χ1n) is 5.47.